The third kappa shape index (κ3) is 5.64. The first-order valence-corrected chi connectivity index (χ1v) is 8.18. The summed E-state index contributed by atoms with van der Waals surface area (Å²) in [6.45, 7) is 1.74. The van der Waals surface area contributed by atoms with Crippen molar-refractivity contribution in [1.82, 2.24) is 10.6 Å². The van der Waals surface area contributed by atoms with Gasteiger partial charge in [-0.05, 0) is 35.4 Å². The van der Waals surface area contributed by atoms with E-state index in [1.165, 1.54) is 6.92 Å². The van der Waals surface area contributed by atoms with Crippen molar-refractivity contribution in [3.63, 3.8) is 0 Å². The minimum Gasteiger partial charge on any atom is -0.497 e. The van der Waals surface area contributed by atoms with Crippen molar-refractivity contribution >= 4 is 11.8 Å². The van der Waals surface area contributed by atoms with Crippen LogP contribution in [-0.4, -0.2) is 18.9 Å². The van der Waals surface area contributed by atoms with Crippen LogP contribution in [0, 0.1) is 11.3 Å². The Balaban J connectivity index is 2.01. The van der Waals surface area contributed by atoms with Crippen LogP contribution in [0.5, 0.6) is 5.75 Å². The van der Waals surface area contributed by atoms with E-state index in [9.17, 15) is 9.59 Å². The van der Waals surface area contributed by atoms with Crippen LogP contribution in [0.1, 0.15) is 36.1 Å². The van der Waals surface area contributed by atoms with E-state index in [1.54, 1.807) is 37.4 Å². The van der Waals surface area contributed by atoms with Crippen molar-refractivity contribution in [2.24, 2.45) is 0 Å². The van der Waals surface area contributed by atoms with E-state index >= 15 is 0 Å². The molecule has 0 aliphatic heterocycles. The molecule has 2 aromatic carbocycles. The lowest BCUT2D eigenvalue weighted by atomic mass is 10.0. The number of nitrogens with one attached hydrogen (secondary N) is 2. The molecule has 134 valence electrons. The summed E-state index contributed by atoms with van der Waals surface area (Å²) in [7, 11) is 1.58. The van der Waals surface area contributed by atoms with E-state index < -0.39 is 6.04 Å². The first kappa shape index (κ1) is 19.0. The number of carbonyl (C=O) groups excluding carboxylic acids is 2. The topological polar surface area (TPSA) is 91.2 Å². The average Bonchev–Trinajstić information content (AvgIpc) is 2.65. The van der Waals surface area contributed by atoms with Crippen LogP contribution in [0.4, 0.5) is 0 Å². The van der Waals surface area contributed by atoms with Crippen LogP contribution in [0.25, 0.3) is 0 Å². The van der Waals surface area contributed by atoms with Gasteiger partial charge in [-0.15, -0.1) is 0 Å². The number of methoxy groups -OCH3 is 1. The molecule has 2 rings (SSSR count). The van der Waals surface area contributed by atoms with Crippen molar-refractivity contribution in [3.8, 4) is 11.8 Å². The van der Waals surface area contributed by atoms with Crippen molar-refractivity contribution in [2.75, 3.05) is 7.11 Å². The lowest BCUT2D eigenvalue weighted by Crippen LogP contribution is -2.32. The van der Waals surface area contributed by atoms with Gasteiger partial charge < -0.3 is 15.4 Å². The first-order valence-electron chi connectivity index (χ1n) is 8.18. The number of hydrogen-bond acceptors (Lipinski definition) is 4. The van der Waals surface area contributed by atoms with Crippen LogP contribution in [0.15, 0.2) is 48.5 Å². The Labute approximate surface area is 152 Å². The molecule has 2 amide bonds. The van der Waals surface area contributed by atoms with Gasteiger partial charge in [0.25, 0.3) is 0 Å². The van der Waals surface area contributed by atoms with Crippen LogP contribution in [-0.2, 0) is 16.1 Å². The molecule has 26 heavy (non-hydrogen) atoms. The lowest BCUT2D eigenvalue weighted by molar-refractivity contribution is -0.122. The Morgan fingerprint density at radius 1 is 1.19 bits per heavy atom. The van der Waals surface area contributed by atoms with Gasteiger partial charge >= 0.3 is 0 Å². The molecular formula is C20H21N3O3. The standard InChI is InChI=1S/C20H21N3O3/c1-14(24)23-19(17-6-8-18(26-2)9-7-17)11-20(25)22-13-16-5-3-4-15(10-16)12-21/h3-10,19H,11,13H2,1-2H3,(H,22,25)(H,23,24). The first-order chi connectivity index (χ1) is 12.5. The lowest BCUT2D eigenvalue weighted by Gasteiger charge is -2.18. The summed E-state index contributed by atoms with van der Waals surface area (Å²) in [5, 5.41) is 14.5. The van der Waals surface area contributed by atoms with Gasteiger partial charge in [-0.1, -0.05) is 24.3 Å². The zero-order chi connectivity index (χ0) is 18.9. The summed E-state index contributed by atoms with van der Waals surface area (Å²) >= 11 is 0. The summed E-state index contributed by atoms with van der Waals surface area (Å²) < 4.78 is 5.13. The van der Waals surface area contributed by atoms with E-state index in [2.05, 4.69) is 16.7 Å². The molecule has 6 nitrogen and oxygen atoms in total. The zero-order valence-electron chi connectivity index (χ0n) is 14.8. The van der Waals surface area contributed by atoms with Gasteiger partial charge in [0, 0.05) is 13.5 Å². The maximum atomic E-state index is 12.3. The van der Waals surface area contributed by atoms with E-state index in [1.807, 2.05) is 18.2 Å². The quantitative estimate of drug-likeness (QED) is 0.801. The number of hydrogen-bond donors (Lipinski definition) is 2. The minimum atomic E-state index is -0.427. The van der Waals surface area contributed by atoms with Gasteiger partial charge in [0.15, 0.2) is 0 Å². The summed E-state index contributed by atoms with van der Waals surface area (Å²) in [5.74, 6) is 0.305. The molecule has 0 heterocycles. The van der Waals surface area contributed by atoms with Crippen molar-refractivity contribution in [1.29, 1.82) is 5.26 Å². The smallest absolute Gasteiger partial charge is 0.222 e. The maximum absolute atomic E-state index is 12.3. The van der Waals surface area contributed by atoms with Gasteiger partial charge in [-0.3, -0.25) is 9.59 Å². The zero-order valence-corrected chi connectivity index (χ0v) is 14.8. The van der Waals surface area contributed by atoms with E-state index in [0.29, 0.717) is 17.9 Å². The predicted molar refractivity (Wildman–Crippen MR) is 97.2 cm³/mol. The fraction of sp³-hybridized carbons (Fsp3) is 0.250. The fourth-order valence-electron chi connectivity index (χ4n) is 2.54. The molecule has 0 saturated heterocycles. The second-order valence-electron chi connectivity index (χ2n) is 5.82. The molecule has 2 N–H and O–H groups in total. The predicted octanol–water partition coefficient (Wildman–Crippen LogP) is 2.45. The van der Waals surface area contributed by atoms with Gasteiger partial charge in [-0.25, -0.2) is 0 Å². The number of ether oxygens (including phenoxy) is 1. The summed E-state index contributed by atoms with van der Waals surface area (Å²) in [4.78, 5) is 23.8. The summed E-state index contributed by atoms with van der Waals surface area (Å²) in [6.07, 6.45) is 0.115. The van der Waals surface area contributed by atoms with E-state index in [4.69, 9.17) is 10.00 Å². The molecule has 0 aliphatic carbocycles. The second-order valence-corrected chi connectivity index (χ2v) is 5.82. The number of benzene rings is 2. The van der Waals surface area contributed by atoms with Gasteiger partial charge in [0.05, 0.1) is 31.2 Å². The molecule has 0 spiro atoms. The molecule has 0 aliphatic rings. The largest absolute Gasteiger partial charge is 0.497 e. The number of nitriles is 1. The van der Waals surface area contributed by atoms with Crippen LogP contribution >= 0.6 is 0 Å². The Morgan fingerprint density at radius 2 is 1.92 bits per heavy atom. The number of carbonyl (C=O) groups is 2. The van der Waals surface area contributed by atoms with Crippen LogP contribution in [0.2, 0.25) is 0 Å². The molecular weight excluding hydrogens is 330 g/mol. The Bertz CT molecular complexity index is 810. The minimum absolute atomic E-state index is 0.115. The van der Waals surface area contributed by atoms with E-state index in [-0.39, 0.29) is 18.2 Å². The summed E-state index contributed by atoms with van der Waals surface area (Å²) in [6, 6.07) is 15.9. The monoisotopic (exact) mass is 351 g/mol. The number of rotatable bonds is 7. The highest BCUT2D eigenvalue weighted by Crippen LogP contribution is 2.20. The Morgan fingerprint density at radius 3 is 2.54 bits per heavy atom. The van der Waals surface area contributed by atoms with Crippen molar-refractivity contribution < 1.29 is 14.3 Å². The van der Waals surface area contributed by atoms with Gasteiger partial charge in [0.1, 0.15) is 5.75 Å². The molecule has 6 heteroatoms. The molecule has 1 unspecified atom stereocenters. The third-order valence-corrected chi connectivity index (χ3v) is 3.83. The maximum Gasteiger partial charge on any atom is 0.222 e. The number of amides is 2. The molecule has 0 radical (unpaired) electrons. The highest BCUT2D eigenvalue weighted by Gasteiger charge is 2.17. The Hall–Kier alpha value is -3.33. The highest BCUT2D eigenvalue weighted by atomic mass is 16.5. The molecule has 0 aromatic heterocycles. The molecule has 0 saturated carbocycles. The van der Waals surface area contributed by atoms with Crippen molar-refractivity contribution in [2.45, 2.75) is 25.9 Å². The summed E-state index contributed by atoms with van der Waals surface area (Å²) in [5.41, 5.74) is 2.21. The number of nitrogens with zero attached hydrogens (tertiary/aromatic N) is 1. The molecule has 1 atom stereocenters. The fourth-order valence-corrected chi connectivity index (χ4v) is 2.54. The van der Waals surface area contributed by atoms with Crippen LogP contribution < -0.4 is 15.4 Å². The van der Waals surface area contributed by atoms with E-state index in [0.717, 1.165) is 11.1 Å². The van der Waals surface area contributed by atoms with Gasteiger partial charge in [0.2, 0.25) is 11.8 Å². The van der Waals surface area contributed by atoms with Gasteiger partial charge in [-0.2, -0.15) is 5.26 Å². The van der Waals surface area contributed by atoms with Crippen LogP contribution in [0.3, 0.4) is 0 Å². The van der Waals surface area contributed by atoms with Crippen molar-refractivity contribution in [3.05, 3.63) is 65.2 Å². The molecule has 0 fully saturated rings. The molecule has 2 aromatic rings. The third-order valence-electron chi connectivity index (χ3n) is 3.83. The average molecular weight is 351 g/mol. The molecule has 0 bridgehead atoms. The Kier molecular flexibility index (Phi) is 6.75. The highest BCUT2D eigenvalue weighted by molar-refractivity contribution is 5.79. The second kappa shape index (κ2) is 9.23. The normalized spacial score (nSPS) is 11.1. The SMILES string of the molecule is COc1ccc(C(CC(=O)NCc2cccc(C#N)c2)NC(C)=O)cc1.